The number of para-hydroxylation sites is 2. The molecule has 0 saturated heterocycles. The van der Waals surface area contributed by atoms with Gasteiger partial charge in [-0.25, -0.2) is 0 Å². The average Bonchev–Trinajstić information content (AvgIpc) is 3.00. The number of benzodiazepines with no additional fused rings is 1. The molecular weight excluding hydrogens is 463 g/mol. The van der Waals surface area contributed by atoms with Crippen LogP contribution in [0.3, 0.4) is 0 Å². The van der Waals surface area contributed by atoms with Crippen molar-refractivity contribution in [3.05, 3.63) is 114 Å². The normalized spacial score (nSPS) is 12.9. The number of hydrogen-bond acceptors (Lipinski definition) is 3. The van der Waals surface area contributed by atoms with Gasteiger partial charge in [0.05, 0.1) is 12.3 Å². The van der Waals surface area contributed by atoms with Crippen molar-refractivity contribution >= 4 is 53.1 Å². The second-order valence-electron chi connectivity index (χ2n) is 8.05. The number of fused-ring (bicyclic) bond motifs is 2. The third-order valence-electron chi connectivity index (χ3n) is 5.86. The summed E-state index contributed by atoms with van der Waals surface area (Å²) < 4.78 is 6.22. The Morgan fingerprint density at radius 3 is 2.44 bits per heavy atom. The van der Waals surface area contributed by atoms with Gasteiger partial charge < -0.3 is 9.64 Å². The van der Waals surface area contributed by atoms with Crippen LogP contribution >= 0.6 is 24.8 Å². The molecule has 5 rings (SSSR count). The van der Waals surface area contributed by atoms with Crippen LogP contribution in [0.5, 0.6) is 5.75 Å². The van der Waals surface area contributed by atoms with Gasteiger partial charge in [-0.3, -0.25) is 4.99 Å². The number of benzene rings is 4. The third kappa shape index (κ3) is 5.61. The molecule has 0 aromatic heterocycles. The number of aliphatic imine (C=N–C) groups is 1. The van der Waals surface area contributed by atoms with Crippen molar-refractivity contribution < 1.29 is 4.74 Å². The van der Waals surface area contributed by atoms with Gasteiger partial charge in [0.15, 0.2) is 0 Å². The molecule has 4 aromatic carbocycles. The van der Waals surface area contributed by atoms with Crippen LogP contribution in [0.2, 0.25) is 0 Å². The smallest absolute Gasteiger partial charge is 0.127 e. The highest BCUT2D eigenvalue weighted by atomic mass is 35.5. The quantitative estimate of drug-likeness (QED) is 0.295. The van der Waals surface area contributed by atoms with Crippen molar-refractivity contribution in [1.82, 2.24) is 0 Å². The summed E-state index contributed by atoms with van der Waals surface area (Å²) >= 11 is 0. The van der Waals surface area contributed by atoms with E-state index in [2.05, 4.69) is 96.9 Å². The summed E-state index contributed by atoms with van der Waals surface area (Å²) in [6.45, 7) is 2.23. The van der Waals surface area contributed by atoms with Crippen molar-refractivity contribution in [2.75, 3.05) is 25.0 Å². The summed E-state index contributed by atoms with van der Waals surface area (Å²) in [5.74, 6) is 0.872. The minimum absolute atomic E-state index is 0. The largest absolute Gasteiger partial charge is 0.488 e. The second-order valence-corrected chi connectivity index (χ2v) is 8.05. The molecule has 0 amide bonds. The molecule has 0 aliphatic carbocycles. The van der Waals surface area contributed by atoms with Crippen LogP contribution in [0.25, 0.3) is 16.8 Å². The minimum Gasteiger partial charge on any atom is -0.488 e. The predicted molar refractivity (Wildman–Crippen MR) is 149 cm³/mol. The molecule has 0 spiro atoms. The first-order chi connectivity index (χ1) is 15.8. The van der Waals surface area contributed by atoms with Crippen LogP contribution in [-0.2, 0) is 6.61 Å². The van der Waals surface area contributed by atoms with Gasteiger partial charge in [0.2, 0.25) is 0 Å². The fourth-order valence-corrected chi connectivity index (χ4v) is 4.10. The van der Waals surface area contributed by atoms with Crippen LogP contribution in [0.4, 0.5) is 5.69 Å². The van der Waals surface area contributed by atoms with Gasteiger partial charge >= 0.3 is 0 Å². The molecular formula is C29H28Cl2N2O. The van der Waals surface area contributed by atoms with Crippen LogP contribution < -0.4 is 9.64 Å². The topological polar surface area (TPSA) is 24.8 Å². The zero-order valence-electron chi connectivity index (χ0n) is 19.1. The molecule has 0 unspecified atom stereocenters. The van der Waals surface area contributed by atoms with Gasteiger partial charge in [0, 0.05) is 30.4 Å². The van der Waals surface area contributed by atoms with Crippen LogP contribution in [0.1, 0.15) is 16.7 Å². The van der Waals surface area contributed by atoms with Gasteiger partial charge in [-0.15, -0.1) is 24.8 Å². The Morgan fingerprint density at radius 2 is 1.56 bits per heavy atom. The fraction of sp³-hybridized carbons (Fsp3) is 0.138. The van der Waals surface area contributed by atoms with E-state index in [4.69, 9.17) is 9.73 Å². The molecule has 0 saturated carbocycles. The lowest BCUT2D eigenvalue weighted by Gasteiger charge is -2.18. The van der Waals surface area contributed by atoms with Crippen molar-refractivity contribution in [1.29, 1.82) is 0 Å². The first kappa shape index (κ1) is 25.4. The zero-order chi connectivity index (χ0) is 21.8. The van der Waals surface area contributed by atoms with Crippen LogP contribution in [0.15, 0.2) is 102 Å². The molecule has 5 heteroatoms. The molecule has 0 atom stereocenters. The average molecular weight is 491 g/mol. The maximum Gasteiger partial charge on any atom is 0.127 e. The van der Waals surface area contributed by atoms with E-state index in [9.17, 15) is 0 Å². The van der Waals surface area contributed by atoms with Gasteiger partial charge in [-0.05, 0) is 46.7 Å². The monoisotopic (exact) mass is 490 g/mol. The molecule has 0 radical (unpaired) electrons. The standard InChI is InChI=1S/C29H26N2O.2ClH/c1-31-19-18-30-27(26-11-5-6-12-28(26)31)17-16-24-9-4-7-13-29(24)32-21-22-14-15-23-8-2-3-10-25(23)20-22;;/h2-17,20H,18-19,21H2,1H3;2*1H. The van der Waals surface area contributed by atoms with E-state index in [0.29, 0.717) is 6.61 Å². The summed E-state index contributed by atoms with van der Waals surface area (Å²) in [7, 11) is 2.12. The molecule has 1 aliphatic rings. The van der Waals surface area contributed by atoms with Gasteiger partial charge in [-0.1, -0.05) is 72.8 Å². The Morgan fingerprint density at radius 1 is 0.824 bits per heavy atom. The van der Waals surface area contributed by atoms with Crippen molar-refractivity contribution in [3.8, 4) is 5.75 Å². The Kier molecular flexibility index (Phi) is 8.75. The third-order valence-corrected chi connectivity index (χ3v) is 5.86. The first-order valence-electron chi connectivity index (χ1n) is 11.0. The summed E-state index contributed by atoms with van der Waals surface area (Å²) in [5.41, 5.74) is 5.60. The predicted octanol–water partition coefficient (Wildman–Crippen LogP) is 7.21. The molecule has 0 fully saturated rings. The first-order valence-corrected chi connectivity index (χ1v) is 11.0. The minimum atomic E-state index is 0. The Labute approximate surface area is 213 Å². The van der Waals surface area contributed by atoms with E-state index in [0.717, 1.165) is 35.7 Å². The summed E-state index contributed by atoms with van der Waals surface area (Å²) in [5, 5.41) is 2.48. The van der Waals surface area contributed by atoms with Gasteiger partial charge in [0.1, 0.15) is 12.4 Å². The number of likely N-dealkylation sites (N-methyl/N-ethyl adjacent to an activating group) is 1. The van der Waals surface area contributed by atoms with E-state index in [1.165, 1.54) is 22.0 Å². The van der Waals surface area contributed by atoms with Crippen LogP contribution in [-0.4, -0.2) is 25.8 Å². The number of anilines is 1. The second kappa shape index (κ2) is 11.7. The molecule has 174 valence electrons. The fourth-order valence-electron chi connectivity index (χ4n) is 4.10. The highest BCUT2D eigenvalue weighted by molar-refractivity contribution is 6.14. The van der Waals surface area contributed by atoms with E-state index in [-0.39, 0.29) is 24.8 Å². The number of nitrogens with zero attached hydrogens (tertiary/aromatic N) is 2. The molecule has 34 heavy (non-hydrogen) atoms. The van der Waals surface area contributed by atoms with Crippen molar-refractivity contribution in [2.24, 2.45) is 4.99 Å². The van der Waals surface area contributed by atoms with E-state index >= 15 is 0 Å². The Hall–Kier alpha value is -3.27. The molecule has 1 aliphatic heterocycles. The van der Waals surface area contributed by atoms with E-state index in [1.54, 1.807) is 0 Å². The number of allylic oxidation sites excluding steroid dienone is 1. The molecule has 0 bridgehead atoms. The SMILES string of the molecule is CN1CCN=C(C=Cc2ccccc2OCc2ccc3ccccc3c2)c2ccccc21.Cl.Cl. The zero-order valence-corrected chi connectivity index (χ0v) is 20.7. The maximum atomic E-state index is 6.22. The molecule has 1 heterocycles. The Bertz CT molecular complexity index is 1320. The summed E-state index contributed by atoms with van der Waals surface area (Å²) in [4.78, 5) is 7.09. The van der Waals surface area contributed by atoms with Gasteiger partial charge in [0.25, 0.3) is 0 Å². The summed E-state index contributed by atoms with van der Waals surface area (Å²) in [6, 6.07) is 31.5. The van der Waals surface area contributed by atoms with Crippen molar-refractivity contribution in [3.63, 3.8) is 0 Å². The number of hydrogen-bond donors (Lipinski definition) is 0. The van der Waals surface area contributed by atoms with Crippen molar-refractivity contribution in [2.45, 2.75) is 6.61 Å². The van der Waals surface area contributed by atoms with E-state index < -0.39 is 0 Å². The number of rotatable bonds is 5. The molecule has 4 aromatic rings. The number of halogens is 2. The highest BCUT2D eigenvalue weighted by Gasteiger charge is 2.13. The Balaban J connectivity index is 0.00000162. The molecule has 3 nitrogen and oxygen atoms in total. The highest BCUT2D eigenvalue weighted by Crippen LogP contribution is 2.25. The maximum absolute atomic E-state index is 6.22. The van der Waals surface area contributed by atoms with Crippen LogP contribution in [0, 0.1) is 0 Å². The van der Waals surface area contributed by atoms with E-state index in [1.807, 2.05) is 18.2 Å². The lowest BCUT2D eigenvalue weighted by atomic mass is 10.1. The number of ether oxygens (including phenoxy) is 1. The molecule has 0 N–H and O–H groups in total. The lowest BCUT2D eigenvalue weighted by molar-refractivity contribution is 0.306. The summed E-state index contributed by atoms with van der Waals surface area (Å²) in [6.07, 6.45) is 4.22. The lowest BCUT2D eigenvalue weighted by Crippen LogP contribution is -2.20. The van der Waals surface area contributed by atoms with Gasteiger partial charge in [-0.2, -0.15) is 0 Å².